The van der Waals surface area contributed by atoms with Crippen molar-refractivity contribution in [3.8, 4) is 0 Å². The van der Waals surface area contributed by atoms with Crippen LogP contribution in [0, 0.1) is 20.8 Å². The Bertz CT molecular complexity index is 1030. The molecule has 3 aromatic rings. The number of aromatic amines is 1. The van der Waals surface area contributed by atoms with E-state index >= 15 is 0 Å². The number of hydrogen-bond donors (Lipinski definition) is 1. The molecule has 1 aliphatic heterocycles. The van der Waals surface area contributed by atoms with Crippen LogP contribution in [0.2, 0.25) is 0 Å². The Labute approximate surface area is 154 Å². The van der Waals surface area contributed by atoms with Crippen LogP contribution in [0.3, 0.4) is 0 Å². The number of nitrogens with zero attached hydrogens (tertiary/aromatic N) is 2. The highest BCUT2D eigenvalue weighted by molar-refractivity contribution is 7.89. The van der Waals surface area contributed by atoms with E-state index in [0.717, 1.165) is 46.4 Å². The summed E-state index contributed by atoms with van der Waals surface area (Å²) in [6.07, 6.45) is 1.62. The predicted octanol–water partition coefficient (Wildman–Crippen LogP) is 4.01. The molecule has 1 N–H and O–H groups in total. The summed E-state index contributed by atoms with van der Waals surface area (Å²) in [5, 5.41) is 0. The number of imidazole rings is 1. The number of aryl methyl sites for hydroxylation is 3. The van der Waals surface area contributed by atoms with Gasteiger partial charge in [0.2, 0.25) is 10.0 Å². The second-order valence-electron chi connectivity index (χ2n) is 7.14. The maximum Gasteiger partial charge on any atom is 0.244 e. The van der Waals surface area contributed by atoms with Gasteiger partial charge in [0, 0.05) is 6.54 Å². The van der Waals surface area contributed by atoms with E-state index in [0.29, 0.717) is 11.4 Å². The van der Waals surface area contributed by atoms with E-state index in [2.05, 4.69) is 9.97 Å². The van der Waals surface area contributed by atoms with Crippen LogP contribution in [-0.2, 0) is 10.0 Å². The molecule has 1 aliphatic rings. The molecule has 1 atom stereocenters. The third kappa shape index (κ3) is 2.73. The number of rotatable bonds is 3. The largest absolute Gasteiger partial charge is 0.341 e. The van der Waals surface area contributed by atoms with Gasteiger partial charge in [-0.2, -0.15) is 4.31 Å². The average Bonchev–Trinajstić information content (AvgIpc) is 3.20. The molecule has 4 rings (SSSR count). The van der Waals surface area contributed by atoms with Crippen molar-refractivity contribution in [2.75, 3.05) is 6.54 Å². The lowest BCUT2D eigenvalue weighted by atomic mass is 10.1. The van der Waals surface area contributed by atoms with Crippen molar-refractivity contribution in [1.82, 2.24) is 14.3 Å². The first-order chi connectivity index (χ1) is 12.4. The van der Waals surface area contributed by atoms with Gasteiger partial charge in [-0.05, 0) is 56.9 Å². The number of fused-ring (bicyclic) bond motifs is 1. The molecule has 1 aromatic heterocycles. The molecule has 0 saturated carbocycles. The van der Waals surface area contributed by atoms with E-state index in [4.69, 9.17) is 0 Å². The Balaban J connectivity index is 1.78. The molecule has 2 aromatic carbocycles. The molecule has 2 heterocycles. The molecule has 1 unspecified atom stereocenters. The summed E-state index contributed by atoms with van der Waals surface area (Å²) in [6.45, 7) is 6.26. The molecule has 1 fully saturated rings. The Morgan fingerprint density at radius 3 is 2.50 bits per heavy atom. The maximum absolute atomic E-state index is 13.5. The molecular weight excluding hydrogens is 346 g/mol. The fourth-order valence-electron chi connectivity index (χ4n) is 4.12. The van der Waals surface area contributed by atoms with Crippen LogP contribution in [0.25, 0.3) is 11.0 Å². The van der Waals surface area contributed by atoms with Crippen LogP contribution in [0.1, 0.15) is 41.4 Å². The third-order valence-corrected chi connectivity index (χ3v) is 7.31. The number of hydrogen-bond acceptors (Lipinski definition) is 3. The van der Waals surface area contributed by atoms with Crippen LogP contribution in [0.4, 0.5) is 0 Å². The van der Waals surface area contributed by atoms with Gasteiger partial charge in [-0.25, -0.2) is 13.4 Å². The lowest BCUT2D eigenvalue weighted by Gasteiger charge is -2.24. The van der Waals surface area contributed by atoms with Crippen molar-refractivity contribution in [2.24, 2.45) is 0 Å². The zero-order valence-corrected chi connectivity index (χ0v) is 16.1. The van der Waals surface area contributed by atoms with Gasteiger partial charge in [0.25, 0.3) is 0 Å². The molecule has 136 valence electrons. The molecule has 0 radical (unpaired) electrons. The number of aromatic nitrogens is 2. The number of sulfonamides is 1. The third-order valence-electron chi connectivity index (χ3n) is 5.10. The van der Waals surface area contributed by atoms with Crippen molar-refractivity contribution >= 4 is 21.1 Å². The van der Waals surface area contributed by atoms with Crippen LogP contribution >= 0.6 is 0 Å². The summed E-state index contributed by atoms with van der Waals surface area (Å²) in [5.74, 6) is 0.731. The first-order valence-corrected chi connectivity index (χ1v) is 10.4. The van der Waals surface area contributed by atoms with E-state index in [-0.39, 0.29) is 6.04 Å². The standard InChI is InChI=1S/C20H23N3O2S/c1-13-11-14(2)19(15(3)12-13)26(24,25)23-10-6-9-18(23)20-21-16-7-4-5-8-17(16)22-20/h4-5,7-8,11-12,18H,6,9-10H2,1-3H3,(H,21,22). The highest BCUT2D eigenvalue weighted by Crippen LogP contribution is 2.37. The van der Waals surface area contributed by atoms with Gasteiger partial charge in [0.15, 0.2) is 0 Å². The summed E-state index contributed by atoms with van der Waals surface area (Å²) >= 11 is 0. The van der Waals surface area contributed by atoms with Crippen LogP contribution in [-0.4, -0.2) is 29.2 Å². The van der Waals surface area contributed by atoms with Gasteiger partial charge in [-0.1, -0.05) is 29.8 Å². The van der Waals surface area contributed by atoms with E-state index in [1.807, 2.05) is 57.2 Å². The van der Waals surface area contributed by atoms with Crippen LogP contribution in [0.5, 0.6) is 0 Å². The minimum atomic E-state index is -3.58. The van der Waals surface area contributed by atoms with Crippen molar-refractivity contribution in [1.29, 1.82) is 0 Å². The smallest absolute Gasteiger partial charge is 0.244 e. The monoisotopic (exact) mass is 369 g/mol. The van der Waals surface area contributed by atoms with Crippen molar-refractivity contribution in [3.05, 3.63) is 58.9 Å². The SMILES string of the molecule is Cc1cc(C)c(S(=O)(=O)N2CCCC2c2nc3ccccc3[nH]2)c(C)c1. The number of H-pyrrole nitrogens is 1. The zero-order chi connectivity index (χ0) is 18.5. The first-order valence-electron chi connectivity index (χ1n) is 8.92. The number of para-hydroxylation sites is 2. The van der Waals surface area contributed by atoms with E-state index in [1.54, 1.807) is 4.31 Å². The van der Waals surface area contributed by atoms with Crippen LogP contribution < -0.4 is 0 Å². The zero-order valence-electron chi connectivity index (χ0n) is 15.3. The van der Waals surface area contributed by atoms with Gasteiger partial charge in [0.05, 0.1) is 22.0 Å². The molecule has 0 amide bonds. The first kappa shape index (κ1) is 17.2. The Hall–Kier alpha value is -2.18. The second kappa shape index (κ2) is 6.21. The fourth-order valence-corrected chi connectivity index (χ4v) is 6.20. The van der Waals surface area contributed by atoms with E-state index < -0.39 is 10.0 Å². The normalized spacial score (nSPS) is 18.7. The molecule has 0 bridgehead atoms. The van der Waals surface area contributed by atoms with Crippen molar-refractivity contribution < 1.29 is 8.42 Å². The summed E-state index contributed by atoms with van der Waals surface area (Å²) in [7, 11) is -3.58. The fraction of sp³-hybridized carbons (Fsp3) is 0.350. The molecule has 0 aliphatic carbocycles. The predicted molar refractivity (Wildman–Crippen MR) is 103 cm³/mol. The lowest BCUT2D eigenvalue weighted by molar-refractivity contribution is 0.385. The lowest BCUT2D eigenvalue weighted by Crippen LogP contribution is -2.32. The van der Waals surface area contributed by atoms with Crippen molar-refractivity contribution in [3.63, 3.8) is 0 Å². The van der Waals surface area contributed by atoms with E-state index in [1.165, 1.54) is 0 Å². The average molecular weight is 369 g/mol. The minimum Gasteiger partial charge on any atom is -0.341 e. The number of benzene rings is 2. The Morgan fingerprint density at radius 1 is 1.12 bits per heavy atom. The van der Waals surface area contributed by atoms with Gasteiger partial charge >= 0.3 is 0 Å². The molecule has 0 spiro atoms. The van der Waals surface area contributed by atoms with Gasteiger partial charge in [0.1, 0.15) is 5.82 Å². The topological polar surface area (TPSA) is 66.1 Å². The molecule has 5 nitrogen and oxygen atoms in total. The second-order valence-corrected chi connectivity index (χ2v) is 8.97. The summed E-state index contributed by atoms with van der Waals surface area (Å²) in [4.78, 5) is 8.40. The van der Waals surface area contributed by atoms with Gasteiger partial charge < -0.3 is 4.98 Å². The molecule has 26 heavy (non-hydrogen) atoms. The minimum absolute atomic E-state index is 0.243. The Kier molecular flexibility index (Phi) is 4.12. The summed E-state index contributed by atoms with van der Waals surface area (Å²) in [6, 6.07) is 11.4. The highest BCUT2D eigenvalue weighted by atomic mass is 32.2. The van der Waals surface area contributed by atoms with E-state index in [9.17, 15) is 8.42 Å². The summed E-state index contributed by atoms with van der Waals surface area (Å²) < 4.78 is 28.6. The highest BCUT2D eigenvalue weighted by Gasteiger charge is 2.39. The molecular formula is C20H23N3O2S. The van der Waals surface area contributed by atoms with Crippen LogP contribution in [0.15, 0.2) is 41.3 Å². The quantitative estimate of drug-likeness (QED) is 0.758. The molecule has 6 heteroatoms. The van der Waals surface area contributed by atoms with Crippen molar-refractivity contribution in [2.45, 2.75) is 44.6 Å². The Morgan fingerprint density at radius 2 is 1.81 bits per heavy atom. The van der Waals surface area contributed by atoms with Gasteiger partial charge in [-0.15, -0.1) is 0 Å². The summed E-state index contributed by atoms with van der Waals surface area (Å²) in [5.41, 5.74) is 4.49. The van der Waals surface area contributed by atoms with Gasteiger partial charge in [-0.3, -0.25) is 0 Å². The molecule has 1 saturated heterocycles. The number of nitrogens with one attached hydrogen (secondary N) is 1. The maximum atomic E-state index is 13.5.